The maximum Gasteiger partial charge on any atom is 0.228 e. The van der Waals surface area contributed by atoms with Crippen molar-refractivity contribution in [2.45, 2.75) is 33.2 Å². The molecule has 1 saturated heterocycles. The molecule has 0 saturated carbocycles. The Bertz CT molecular complexity index is 531. The maximum absolute atomic E-state index is 12.1. The minimum absolute atomic E-state index is 0.0702. The SMILES string of the molecule is CC(C)C(C)n1nccc1N1CC(CN=[N+]=[N-])CC1=O. The van der Waals surface area contributed by atoms with Crippen LogP contribution in [0.15, 0.2) is 17.4 Å². The number of hydrogen-bond donors (Lipinski definition) is 0. The van der Waals surface area contributed by atoms with Crippen LogP contribution in [0.25, 0.3) is 10.4 Å². The molecule has 7 nitrogen and oxygen atoms in total. The van der Waals surface area contributed by atoms with E-state index in [-0.39, 0.29) is 17.9 Å². The first kappa shape index (κ1) is 14.4. The number of rotatable bonds is 5. The molecular formula is C13H20N6O. The molecule has 0 bridgehead atoms. The molecule has 0 N–H and O–H groups in total. The fourth-order valence-electron chi connectivity index (χ4n) is 2.39. The Morgan fingerprint density at radius 2 is 2.30 bits per heavy atom. The number of carbonyl (C=O) groups is 1. The van der Waals surface area contributed by atoms with Gasteiger partial charge < -0.3 is 0 Å². The average molecular weight is 276 g/mol. The van der Waals surface area contributed by atoms with Crippen LogP contribution < -0.4 is 4.90 Å². The number of carbonyl (C=O) groups excluding carboxylic acids is 1. The largest absolute Gasteiger partial charge is 0.297 e. The van der Waals surface area contributed by atoms with Crippen LogP contribution in [0.2, 0.25) is 0 Å². The molecule has 2 heterocycles. The first-order valence-corrected chi connectivity index (χ1v) is 6.89. The van der Waals surface area contributed by atoms with Crippen molar-refractivity contribution in [3.8, 4) is 0 Å². The normalized spacial score (nSPS) is 20.3. The fourth-order valence-corrected chi connectivity index (χ4v) is 2.39. The number of hydrogen-bond acceptors (Lipinski definition) is 3. The molecule has 1 aliphatic heterocycles. The van der Waals surface area contributed by atoms with Crippen molar-refractivity contribution in [2.24, 2.45) is 17.0 Å². The quantitative estimate of drug-likeness (QED) is 0.470. The second-order valence-electron chi connectivity index (χ2n) is 5.61. The lowest BCUT2D eigenvalue weighted by Crippen LogP contribution is -2.29. The highest BCUT2D eigenvalue weighted by Gasteiger charge is 2.32. The summed E-state index contributed by atoms with van der Waals surface area (Å²) in [5.41, 5.74) is 8.37. The summed E-state index contributed by atoms with van der Waals surface area (Å²) in [6, 6.07) is 2.09. The van der Waals surface area contributed by atoms with Crippen molar-refractivity contribution >= 4 is 11.7 Å². The molecular weight excluding hydrogens is 256 g/mol. The fraction of sp³-hybridized carbons (Fsp3) is 0.692. The molecule has 2 unspecified atom stereocenters. The maximum atomic E-state index is 12.1. The molecule has 0 spiro atoms. The summed E-state index contributed by atoms with van der Waals surface area (Å²) in [5.74, 6) is 1.43. The zero-order valence-corrected chi connectivity index (χ0v) is 12.1. The summed E-state index contributed by atoms with van der Waals surface area (Å²) in [6.45, 7) is 7.32. The van der Waals surface area contributed by atoms with Crippen LogP contribution in [-0.4, -0.2) is 28.8 Å². The minimum Gasteiger partial charge on any atom is -0.297 e. The third kappa shape index (κ3) is 2.77. The molecule has 2 rings (SSSR count). The Balaban J connectivity index is 2.18. The number of aromatic nitrogens is 2. The van der Waals surface area contributed by atoms with Gasteiger partial charge in [0.1, 0.15) is 5.82 Å². The molecule has 108 valence electrons. The predicted molar refractivity (Wildman–Crippen MR) is 76.2 cm³/mol. The average Bonchev–Trinajstić information content (AvgIpc) is 3.01. The van der Waals surface area contributed by atoms with Gasteiger partial charge in [0.15, 0.2) is 0 Å². The summed E-state index contributed by atoms with van der Waals surface area (Å²) in [5, 5.41) is 7.91. The number of amides is 1. The van der Waals surface area contributed by atoms with E-state index in [0.717, 1.165) is 5.82 Å². The zero-order valence-electron chi connectivity index (χ0n) is 12.1. The van der Waals surface area contributed by atoms with Gasteiger partial charge in [-0.15, -0.1) is 0 Å². The van der Waals surface area contributed by atoms with Crippen molar-refractivity contribution < 1.29 is 4.79 Å². The van der Waals surface area contributed by atoms with Gasteiger partial charge >= 0.3 is 0 Å². The second kappa shape index (κ2) is 5.96. The summed E-state index contributed by atoms with van der Waals surface area (Å²) in [7, 11) is 0. The highest BCUT2D eigenvalue weighted by molar-refractivity contribution is 5.94. The van der Waals surface area contributed by atoms with E-state index in [4.69, 9.17) is 5.53 Å². The summed E-state index contributed by atoms with van der Waals surface area (Å²) >= 11 is 0. The van der Waals surface area contributed by atoms with Crippen LogP contribution in [0.3, 0.4) is 0 Å². The molecule has 1 fully saturated rings. The highest BCUT2D eigenvalue weighted by Crippen LogP contribution is 2.29. The Kier molecular flexibility index (Phi) is 4.29. The van der Waals surface area contributed by atoms with E-state index in [1.165, 1.54) is 0 Å². The van der Waals surface area contributed by atoms with Gasteiger partial charge in [0.2, 0.25) is 5.91 Å². The third-order valence-electron chi connectivity index (χ3n) is 3.88. The number of nitrogens with zero attached hydrogens (tertiary/aromatic N) is 6. The van der Waals surface area contributed by atoms with Crippen molar-refractivity contribution in [3.63, 3.8) is 0 Å². The van der Waals surface area contributed by atoms with Crippen LogP contribution in [0.4, 0.5) is 5.82 Å². The second-order valence-corrected chi connectivity index (χ2v) is 5.61. The standard InChI is InChI=1S/C13H20N6O/c1-9(2)10(3)19-12(4-5-16-19)18-8-11(6-13(18)20)7-15-17-14/h4-5,9-11H,6-8H2,1-3H3. The zero-order chi connectivity index (χ0) is 14.7. The highest BCUT2D eigenvalue weighted by atomic mass is 16.2. The van der Waals surface area contributed by atoms with Crippen LogP contribution in [0.1, 0.15) is 33.2 Å². The monoisotopic (exact) mass is 276 g/mol. The number of azide groups is 1. The van der Waals surface area contributed by atoms with Gasteiger partial charge in [0.25, 0.3) is 0 Å². The molecule has 1 aromatic heterocycles. The third-order valence-corrected chi connectivity index (χ3v) is 3.88. The van der Waals surface area contributed by atoms with E-state index in [1.807, 2.05) is 10.7 Å². The Morgan fingerprint density at radius 3 is 2.95 bits per heavy atom. The van der Waals surface area contributed by atoms with Crippen molar-refractivity contribution in [1.82, 2.24) is 9.78 Å². The molecule has 2 atom stereocenters. The molecule has 1 aromatic rings. The molecule has 0 aliphatic carbocycles. The van der Waals surface area contributed by atoms with Crippen LogP contribution in [0, 0.1) is 11.8 Å². The summed E-state index contributed by atoms with van der Waals surface area (Å²) in [4.78, 5) is 16.7. The van der Waals surface area contributed by atoms with Crippen molar-refractivity contribution in [2.75, 3.05) is 18.0 Å². The summed E-state index contributed by atoms with van der Waals surface area (Å²) < 4.78 is 1.90. The molecule has 1 amide bonds. The van der Waals surface area contributed by atoms with Gasteiger partial charge in [-0.25, -0.2) is 4.68 Å². The molecule has 0 aromatic carbocycles. The van der Waals surface area contributed by atoms with Crippen LogP contribution in [-0.2, 0) is 4.79 Å². The lowest BCUT2D eigenvalue weighted by molar-refractivity contribution is -0.117. The Morgan fingerprint density at radius 1 is 1.55 bits per heavy atom. The van der Waals surface area contributed by atoms with Crippen molar-refractivity contribution in [3.05, 3.63) is 22.7 Å². The van der Waals surface area contributed by atoms with E-state index in [0.29, 0.717) is 25.4 Å². The predicted octanol–water partition coefficient (Wildman–Crippen LogP) is 2.76. The smallest absolute Gasteiger partial charge is 0.228 e. The Labute approximate surface area is 118 Å². The van der Waals surface area contributed by atoms with E-state index in [9.17, 15) is 4.79 Å². The van der Waals surface area contributed by atoms with E-state index < -0.39 is 0 Å². The van der Waals surface area contributed by atoms with Gasteiger partial charge in [-0.05, 0) is 24.3 Å². The van der Waals surface area contributed by atoms with E-state index >= 15 is 0 Å². The Hall–Kier alpha value is -2.01. The number of anilines is 1. The van der Waals surface area contributed by atoms with Gasteiger partial charge in [0, 0.05) is 30.5 Å². The summed E-state index contributed by atoms with van der Waals surface area (Å²) in [6.07, 6.45) is 2.16. The van der Waals surface area contributed by atoms with Gasteiger partial charge in [0.05, 0.1) is 12.2 Å². The van der Waals surface area contributed by atoms with Gasteiger partial charge in [-0.2, -0.15) is 5.10 Å². The molecule has 20 heavy (non-hydrogen) atoms. The first-order chi connectivity index (χ1) is 9.54. The molecule has 1 aliphatic rings. The van der Waals surface area contributed by atoms with Crippen molar-refractivity contribution in [1.29, 1.82) is 0 Å². The first-order valence-electron chi connectivity index (χ1n) is 6.89. The minimum atomic E-state index is 0.0702. The molecule has 7 heteroatoms. The molecule has 0 radical (unpaired) electrons. The van der Waals surface area contributed by atoms with E-state index in [2.05, 4.69) is 35.9 Å². The topological polar surface area (TPSA) is 86.9 Å². The van der Waals surface area contributed by atoms with Crippen LogP contribution >= 0.6 is 0 Å². The van der Waals surface area contributed by atoms with Gasteiger partial charge in [-0.3, -0.25) is 9.69 Å². The lowest BCUT2D eigenvalue weighted by Gasteiger charge is -2.23. The lowest BCUT2D eigenvalue weighted by atomic mass is 10.1. The van der Waals surface area contributed by atoms with Crippen LogP contribution in [0.5, 0.6) is 0 Å². The van der Waals surface area contributed by atoms with Gasteiger partial charge in [-0.1, -0.05) is 19.0 Å². The van der Waals surface area contributed by atoms with E-state index in [1.54, 1.807) is 11.1 Å².